The summed E-state index contributed by atoms with van der Waals surface area (Å²) in [4.78, 5) is 28.7. The molecule has 2 aliphatic carbocycles. The number of aldehydes is 1. The van der Waals surface area contributed by atoms with Crippen molar-refractivity contribution in [2.45, 2.75) is 75.9 Å². The molecule has 2 atom stereocenters. The molecule has 1 amide bonds. The van der Waals surface area contributed by atoms with Crippen molar-refractivity contribution in [3.63, 3.8) is 0 Å². The maximum Gasteiger partial charge on any atom is 0.242 e. The summed E-state index contributed by atoms with van der Waals surface area (Å²) < 4.78 is 29.4. The van der Waals surface area contributed by atoms with Gasteiger partial charge in [0.05, 0.1) is 12.4 Å². The minimum atomic E-state index is -0.574. The van der Waals surface area contributed by atoms with Gasteiger partial charge in [-0.2, -0.15) is 0 Å². The molecule has 31 heavy (non-hydrogen) atoms. The lowest BCUT2D eigenvalue weighted by Crippen LogP contribution is -2.48. The molecular weight excluding hydrogens is 402 g/mol. The number of rotatable bonds is 8. The van der Waals surface area contributed by atoms with Crippen LogP contribution in [0.3, 0.4) is 0 Å². The molecule has 2 aliphatic rings. The number of carbonyl (C=O) groups is 2. The van der Waals surface area contributed by atoms with E-state index in [2.05, 4.69) is 15.6 Å². The van der Waals surface area contributed by atoms with E-state index >= 15 is 0 Å². The fraction of sp³-hybridized carbons (Fsp3) is 0.522. The van der Waals surface area contributed by atoms with E-state index in [1.165, 1.54) is 6.07 Å². The second-order valence-electron chi connectivity index (χ2n) is 8.70. The van der Waals surface area contributed by atoms with E-state index in [4.69, 9.17) is 0 Å². The van der Waals surface area contributed by atoms with Gasteiger partial charge in [-0.05, 0) is 62.1 Å². The van der Waals surface area contributed by atoms with E-state index in [1.54, 1.807) is 17.1 Å². The van der Waals surface area contributed by atoms with Crippen LogP contribution >= 0.6 is 0 Å². The quantitative estimate of drug-likeness (QED) is 0.629. The molecule has 2 aromatic rings. The van der Waals surface area contributed by atoms with Gasteiger partial charge in [-0.25, -0.2) is 13.8 Å². The fourth-order valence-electron chi connectivity index (χ4n) is 4.63. The second-order valence-corrected chi connectivity index (χ2v) is 8.70. The molecule has 1 aromatic heterocycles. The Kier molecular flexibility index (Phi) is 6.18. The zero-order valence-electron chi connectivity index (χ0n) is 17.7. The minimum Gasteiger partial charge on any atom is -0.322 e. The molecule has 0 radical (unpaired) electrons. The number of amides is 1. The van der Waals surface area contributed by atoms with Crippen LogP contribution in [0.15, 0.2) is 24.7 Å². The van der Waals surface area contributed by atoms with Gasteiger partial charge in [0.2, 0.25) is 5.91 Å². The van der Waals surface area contributed by atoms with Crippen LogP contribution in [0.5, 0.6) is 0 Å². The zero-order chi connectivity index (χ0) is 22.0. The predicted molar refractivity (Wildman–Crippen MR) is 113 cm³/mol. The highest BCUT2D eigenvalue weighted by atomic mass is 19.1. The van der Waals surface area contributed by atoms with E-state index < -0.39 is 23.2 Å². The van der Waals surface area contributed by atoms with Crippen molar-refractivity contribution in [1.29, 1.82) is 0 Å². The summed E-state index contributed by atoms with van der Waals surface area (Å²) in [5.41, 5.74) is 0.703. The molecule has 0 bridgehead atoms. The molecule has 6 nitrogen and oxygen atoms in total. The van der Waals surface area contributed by atoms with Crippen LogP contribution in [0.2, 0.25) is 0 Å². The highest BCUT2D eigenvalue weighted by Crippen LogP contribution is 2.37. The van der Waals surface area contributed by atoms with E-state index in [9.17, 15) is 18.4 Å². The normalized spacial score (nSPS) is 20.4. The molecule has 0 aliphatic heterocycles. The summed E-state index contributed by atoms with van der Waals surface area (Å²) in [7, 11) is 0. The van der Waals surface area contributed by atoms with Gasteiger partial charge in [0.15, 0.2) is 5.82 Å². The first kappa shape index (κ1) is 21.6. The van der Waals surface area contributed by atoms with Crippen molar-refractivity contribution in [1.82, 2.24) is 14.9 Å². The van der Waals surface area contributed by atoms with Crippen LogP contribution in [0.1, 0.15) is 56.6 Å². The largest absolute Gasteiger partial charge is 0.322 e. The van der Waals surface area contributed by atoms with Gasteiger partial charge in [0.1, 0.15) is 23.5 Å². The van der Waals surface area contributed by atoms with Gasteiger partial charge >= 0.3 is 0 Å². The van der Waals surface area contributed by atoms with Crippen LogP contribution in [0.25, 0.3) is 0 Å². The van der Waals surface area contributed by atoms with E-state index in [0.29, 0.717) is 42.6 Å². The first-order chi connectivity index (χ1) is 14.9. The molecular formula is C23H28F2N4O2. The third kappa shape index (κ3) is 4.39. The number of fused-ring (bicyclic) bond motifs is 1. The van der Waals surface area contributed by atoms with E-state index in [0.717, 1.165) is 38.0 Å². The van der Waals surface area contributed by atoms with Crippen molar-refractivity contribution in [2.24, 2.45) is 0 Å². The Labute approximate surface area is 180 Å². The molecule has 166 valence electrons. The van der Waals surface area contributed by atoms with Gasteiger partial charge < -0.3 is 20.0 Å². The number of anilines is 1. The summed E-state index contributed by atoms with van der Waals surface area (Å²) in [6.07, 6.45) is 9.92. The minimum absolute atomic E-state index is 0.0399. The van der Waals surface area contributed by atoms with Crippen LogP contribution in [0, 0.1) is 11.6 Å². The molecule has 0 saturated heterocycles. The lowest BCUT2D eigenvalue weighted by molar-refractivity contribution is -0.119. The average Bonchev–Trinajstić information content (AvgIpc) is 3.15. The van der Waals surface area contributed by atoms with Gasteiger partial charge in [0, 0.05) is 18.3 Å². The Morgan fingerprint density at radius 3 is 2.87 bits per heavy atom. The maximum atomic E-state index is 14.0. The highest BCUT2D eigenvalue weighted by molar-refractivity contribution is 5.94. The number of carbonyl (C=O) groups excluding carboxylic acids is 2. The Balaban J connectivity index is 1.41. The lowest BCUT2D eigenvalue weighted by Gasteiger charge is -2.37. The van der Waals surface area contributed by atoms with Gasteiger partial charge in [0.25, 0.3) is 0 Å². The third-order valence-electron chi connectivity index (χ3n) is 6.58. The van der Waals surface area contributed by atoms with Gasteiger partial charge in [-0.3, -0.25) is 4.79 Å². The molecule has 0 spiro atoms. The Morgan fingerprint density at radius 1 is 1.39 bits per heavy atom. The molecule has 8 heteroatoms. The predicted octanol–water partition coefficient (Wildman–Crippen LogP) is 3.49. The standard InChI is InChI=1S/C23H28F2N4O2/c1-2-4-20(27-17-5-6-18-15(10-17)9-16(24)11-19(18)25)22(31)28-21-12-29(14-26-21)23(13-30)7-3-8-23/h9,11-14,17,20,27H,2-8,10H2,1H3,(H,28,31). The summed E-state index contributed by atoms with van der Waals surface area (Å²) in [6, 6.07) is 1.83. The summed E-state index contributed by atoms with van der Waals surface area (Å²) >= 11 is 0. The summed E-state index contributed by atoms with van der Waals surface area (Å²) in [6.45, 7) is 2.00. The van der Waals surface area contributed by atoms with Crippen LogP contribution in [-0.4, -0.2) is 33.8 Å². The average molecular weight is 430 g/mol. The monoisotopic (exact) mass is 430 g/mol. The number of nitrogens with one attached hydrogen (secondary N) is 2. The zero-order valence-corrected chi connectivity index (χ0v) is 17.7. The van der Waals surface area contributed by atoms with Crippen LogP contribution < -0.4 is 10.6 Å². The van der Waals surface area contributed by atoms with Gasteiger partial charge in [-0.15, -0.1) is 0 Å². The number of hydrogen-bond acceptors (Lipinski definition) is 4. The van der Waals surface area contributed by atoms with Crippen molar-refractivity contribution in [3.05, 3.63) is 47.4 Å². The maximum absolute atomic E-state index is 14.0. The highest BCUT2D eigenvalue weighted by Gasteiger charge is 2.38. The molecule has 2 unspecified atom stereocenters. The van der Waals surface area contributed by atoms with Crippen molar-refractivity contribution < 1.29 is 18.4 Å². The molecule has 2 N–H and O–H groups in total. The molecule has 1 saturated carbocycles. The topological polar surface area (TPSA) is 76.0 Å². The van der Waals surface area contributed by atoms with Crippen LogP contribution in [-0.2, 0) is 28.0 Å². The fourth-order valence-corrected chi connectivity index (χ4v) is 4.63. The summed E-state index contributed by atoms with van der Waals surface area (Å²) in [5, 5.41) is 6.23. The van der Waals surface area contributed by atoms with E-state index in [1.807, 2.05) is 6.92 Å². The molecule has 1 aromatic carbocycles. The molecule has 1 heterocycles. The SMILES string of the molecule is CCCC(NC1CCc2c(F)cc(F)cc2C1)C(=O)Nc1cn(C2(C=O)CCC2)cn1. The first-order valence-corrected chi connectivity index (χ1v) is 11.0. The number of benzene rings is 1. The third-order valence-corrected chi connectivity index (χ3v) is 6.58. The Hall–Kier alpha value is -2.61. The second kappa shape index (κ2) is 8.86. The van der Waals surface area contributed by atoms with Crippen molar-refractivity contribution in [3.8, 4) is 0 Å². The summed E-state index contributed by atoms with van der Waals surface area (Å²) in [5.74, 6) is -0.849. The molecule has 1 fully saturated rings. The first-order valence-electron chi connectivity index (χ1n) is 11.0. The number of aromatic nitrogens is 2. The smallest absolute Gasteiger partial charge is 0.242 e. The molecule has 4 rings (SSSR count). The number of nitrogens with zero attached hydrogens (tertiary/aromatic N) is 2. The Bertz CT molecular complexity index is 970. The number of imidazole rings is 1. The van der Waals surface area contributed by atoms with Crippen LogP contribution in [0.4, 0.5) is 14.6 Å². The Morgan fingerprint density at radius 2 is 2.19 bits per heavy atom. The van der Waals surface area contributed by atoms with E-state index in [-0.39, 0.29) is 11.9 Å². The lowest BCUT2D eigenvalue weighted by atomic mass is 9.78. The number of halogens is 2. The van der Waals surface area contributed by atoms with Gasteiger partial charge in [-0.1, -0.05) is 13.3 Å². The van der Waals surface area contributed by atoms with Crippen molar-refractivity contribution in [2.75, 3.05) is 5.32 Å². The van der Waals surface area contributed by atoms with Crippen molar-refractivity contribution >= 4 is 18.0 Å². The number of hydrogen-bond donors (Lipinski definition) is 2.